The van der Waals surface area contributed by atoms with Gasteiger partial charge in [-0.2, -0.15) is 0 Å². The summed E-state index contributed by atoms with van der Waals surface area (Å²) in [5.74, 6) is 0.0919. The van der Waals surface area contributed by atoms with E-state index < -0.39 is 6.16 Å². The van der Waals surface area contributed by atoms with Crippen LogP contribution in [0.25, 0.3) is 0 Å². The molecule has 0 heterocycles. The summed E-state index contributed by atoms with van der Waals surface area (Å²) in [5, 5.41) is 2.86. The van der Waals surface area contributed by atoms with Gasteiger partial charge in [-0.3, -0.25) is 4.79 Å². The van der Waals surface area contributed by atoms with E-state index in [1.165, 1.54) is 70.6 Å². The molecule has 0 unspecified atom stereocenters. The minimum atomic E-state index is -0.643. The van der Waals surface area contributed by atoms with E-state index in [2.05, 4.69) is 17.0 Å². The summed E-state index contributed by atoms with van der Waals surface area (Å²) < 4.78 is 9.49. The summed E-state index contributed by atoms with van der Waals surface area (Å²) in [6.45, 7) is 5.12. The molecule has 0 saturated carbocycles. The van der Waals surface area contributed by atoms with Crippen molar-refractivity contribution in [3.63, 3.8) is 0 Å². The van der Waals surface area contributed by atoms with Crippen molar-refractivity contribution in [3.8, 4) is 0 Å². The number of carbonyl (C=O) groups excluding carboxylic acids is 2. The normalized spacial score (nSPS) is 10.6. The van der Waals surface area contributed by atoms with Gasteiger partial charge < -0.3 is 14.8 Å². The van der Waals surface area contributed by atoms with Gasteiger partial charge in [0.05, 0.1) is 13.2 Å². The lowest BCUT2D eigenvalue weighted by atomic mass is 10.0. The molecule has 5 heteroatoms. The van der Waals surface area contributed by atoms with Crippen LogP contribution in [0.15, 0.2) is 0 Å². The molecule has 0 aromatic carbocycles. The molecule has 160 valence electrons. The predicted molar refractivity (Wildman–Crippen MR) is 111 cm³/mol. The second kappa shape index (κ2) is 21.0. The average Bonchev–Trinajstić information content (AvgIpc) is 2.65. The lowest BCUT2D eigenvalue weighted by Gasteiger charge is -2.06. The van der Waals surface area contributed by atoms with Crippen LogP contribution in [0, 0.1) is 0 Å². The minimum absolute atomic E-state index is 0.0919. The first kappa shape index (κ1) is 25.7. The number of hydrogen-bond acceptors (Lipinski definition) is 4. The number of nitrogens with one attached hydrogen (secondary N) is 1. The van der Waals surface area contributed by atoms with Crippen LogP contribution in [0.4, 0.5) is 4.79 Å². The monoisotopic (exact) mass is 385 g/mol. The van der Waals surface area contributed by atoms with Gasteiger partial charge in [-0.25, -0.2) is 4.79 Å². The lowest BCUT2D eigenvalue weighted by molar-refractivity contribution is -0.121. The highest BCUT2D eigenvalue weighted by atomic mass is 16.7. The maximum absolute atomic E-state index is 11.7. The smallest absolute Gasteiger partial charge is 0.435 e. The summed E-state index contributed by atoms with van der Waals surface area (Å²) >= 11 is 0. The molecular weight excluding hydrogens is 342 g/mol. The lowest BCUT2D eigenvalue weighted by Crippen LogP contribution is -2.25. The molecule has 0 aliphatic heterocycles. The predicted octanol–water partition coefficient (Wildman–Crippen LogP) is 6.15. The zero-order valence-electron chi connectivity index (χ0n) is 17.9. The molecular formula is C22H43NO4. The molecule has 0 saturated heterocycles. The number of hydrogen-bond donors (Lipinski definition) is 1. The molecule has 0 aromatic heterocycles. The second-order valence-electron chi connectivity index (χ2n) is 7.23. The molecule has 0 aliphatic rings. The Morgan fingerprint density at radius 1 is 0.667 bits per heavy atom. The minimum Gasteiger partial charge on any atom is -0.435 e. The van der Waals surface area contributed by atoms with Crippen LogP contribution >= 0.6 is 0 Å². The topological polar surface area (TPSA) is 64.6 Å². The molecule has 1 N–H and O–H groups in total. The van der Waals surface area contributed by atoms with Crippen molar-refractivity contribution in [1.82, 2.24) is 5.32 Å². The van der Waals surface area contributed by atoms with E-state index in [0.29, 0.717) is 26.0 Å². The van der Waals surface area contributed by atoms with Crippen LogP contribution in [0.2, 0.25) is 0 Å². The molecule has 5 nitrogen and oxygen atoms in total. The molecule has 0 fully saturated rings. The Kier molecular flexibility index (Phi) is 20.1. The van der Waals surface area contributed by atoms with Gasteiger partial charge in [0.1, 0.15) is 0 Å². The summed E-state index contributed by atoms with van der Waals surface area (Å²) in [5.41, 5.74) is 0. The largest absolute Gasteiger partial charge is 0.508 e. The molecule has 1 amide bonds. The first-order chi connectivity index (χ1) is 13.2. The second-order valence-corrected chi connectivity index (χ2v) is 7.23. The molecule has 0 rings (SSSR count). The highest BCUT2D eigenvalue weighted by molar-refractivity contribution is 5.75. The van der Waals surface area contributed by atoms with Crippen LogP contribution in [-0.4, -0.2) is 31.8 Å². The molecule has 0 bridgehead atoms. The summed E-state index contributed by atoms with van der Waals surface area (Å²) in [4.78, 5) is 22.7. The SMILES string of the molecule is CCCCCCCCCCCCCCCC(=O)NCCCOC(=O)OCC. The fraction of sp³-hybridized carbons (Fsp3) is 0.909. The van der Waals surface area contributed by atoms with Crippen LogP contribution < -0.4 is 5.32 Å². The molecule has 0 radical (unpaired) electrons. The van der Waals surface area contributed by atoms with Crippen molar-refractivity contribution in [2.75, 3.05) is 19.8 Å². The Morgan fingerprint density at radius 3 is 1.70 bits per heavy atom. The Hall–Kier alpha value is -1.26. The summed E-state index contributed by atoms with van der Waals surface area (Å²) in [7, 11) is 0. The van der Waals surface area contributed by atoms with E-state index in [4.69, 9.17) is 4.74 Å². The van der Waals surface area contributed by atoms with Gasteiger partial charge in [0, 0.05) is 13.0 Å². The maximum atomic E-state index is 11.7. The van der Waals surface area contributed by atoms with E-state index in [1.807, 2.05) is 0 Å². The van der Waals surface area contributed by atoms with Crippen molar-refractivity contribution in [2.45, 2.75) is 110 Å². The Bertz CT molecular complexity index is 347. The number of rotatable bonds is 19. The fourth-order valence-corrected chi connectivity index (χ4v) is 3.01. The number of ether oxygens (including phenoxy) is 2. The van der Waals surface area contributed by atoms with Crippen LogP contribution in [0.5, 0.6) is 0 Å². The third kappa shape index (κ3) is 20.9. The third-order valence-electron chi connectivity index (χ3n) is 4.63. The van der Waals surface area contributed by atoms with Gasteiger partial charge in [-0.1, -0.05) is 84.0 Å². The number of unbranched alkanes of at least 4 members (excludes halogenated alkanes) is 12. The Labute approximate surface area is 167 Å². The van der Waals surface area contributed by atoms with E-state index in [0.717, 1.165) is 12.8 Å². The molecule has 0 spiro atoms. The van der Waals surface area contributed by atoms with Crippen molar-refractivity contribution < 1.29 is 19.1 Å². The van der Waals surface area contributed by atoms with Gasteiger partial charge in [-0.15, -0.1) is 0 Å². The van der Waals surface area contributed by atoms with Crippen molar-refractivity contribution in [1.29, 1.82) is 0 Å². The van der Waals surface area contributed by atoms with E-state index in [-0.39, 0.29) is 12.5 Å². The average molecular weight is 386 g/mol. The molecule has 0 aliphatic carbocycles. The highest BCUT2D eigenvalue weighted by Gasteiger charge is 2.03. The molecule has 27 heavy (non-hydrogen) atoms. The van der Waals surface area contributed by atoms with E-state index in [9.17, 15) is 9.59 Å². The summed E-state index contributed by atoms with van der Waals surface area (Å²) in [6.07, 6.45) is 17.6. The standard InChI is InChI=1S/C22H43NO4/c1-3-5-6-7-8-9-10-11-12-13-14-15-16-18-21(24)23-19-17-20-27-22(25)26-4-2/h3-20H2,1-2H3,(H,23,24). The maximum Gasteiger partial charge on any atom is 0.508 e. The van der Waals surface area contributed by atoms with Crippen molar-refractivity contribution in [3.05, 3.63) is 0 Å². The third-order valence-corrected chi connectivity index (χ3v) is 4.63. The first-order valence-electron chi connectivity index (χ1n) is 11.3. The molecule has 0 atom stereocenters. The zero-order valence-corrected chi connectivity index (χ0v) is 17.9. The quantitative estimate of drug-likeness (QED) is 0.214. The highest BCUT2D eigenvalue weighted by Crippen LogP contribution is 2.12. The van der Waals surface area contributed by atoms with E-state index in [1.54, 1.807) is 6.92 Å². The number of amides is 1. The number of carbonyl (C=O) groups is 2. The van der Waals surface area contributed by atoms with Gasteiger partial charge in [0.25, 0.3) is 0 Å². The van der Waals surface area contributed by atoms with Crippen molar-refractivity contribution >= 4 is 12.1 Å². The van der Waals surface area contributed by atoms with Crippen LogP contribution in [0.3, 0.4) is 0 Å². The van der Waals surface area contributed by atoms with E-state index >= 15 is 0 Å². The Morgan fingerprint density at radius 2 is 1.19 bits per heavy atom. The Balaban J connectivity index is 3.20. The summed E-state index contributed by atoms with van der Waals surface area (Å²) in [6, 6.07) is 0. The first-order valence-corrected chi connectivity index (χ1v) is 11.3. The van der Waals surface area contributed by atoms with Crippen LogP contribution in [0.1, 0.15) is 110 Å². The fourth-order valence-electron chi connectivity index (χ4n) is 3.01. The van der Waals surface area contributed by atoms with Gasteiger partial charge in [0.15, 0.2) is 0 Å². The van der Waals surface area contributed by atoms with Gasteiger partial charge in [0.2, 0.25) is 5.91 Å². The molecule has 0 aromatic rings. The van der Waals surface area contributed by atoms with Gasteiger partial charge in [-0.05, 0) is 19.8 Å². The zero-order chi connectivity index (χ0) is 20.0. The van der Waals surface area contributed by atoms with Crippen LogP contribution in [-0.2, 0) is 14.3 Å². The van der Waals surface area contributed by atoms with Crippen molar-refractivity contribution in [2.24, 2.45) is 0 Å². The van der Waals surface area contributed by atoms with Gasteiger partial charge >= 0.3 is 6.16 Å².